The molecule has 2 rings (SSSR count). The van der Waals surface area contributed by atoms with E-state index in [-0.39, 0.29) is 5.62 Å². The Hall–Kier alpha value is -1.36. The maximum absolute atomic E-state index is 7.68. The van der Waals surface area contributed by atoms with Crippen LogP contribution in [0.1, 0.15) is 30.1 Å². The van der Waals surface area contributed by atoms with Gasteiger partial charge in [0.05, 0.1) is 0 Å². The van der Waals surface area contributed by atoms with Crippen molar-refractivity contribution in [2.75, 3.05) is 26.0 Å². The van der Waals surface area contributed by atoms with Crippen LogP contribution in [0.3, 0.4) is 0 Å². The zero-order chi connectivity index (χ0) is 11.7. The molecule has 1 aromatic rings. The van der Waals surface area contributed by atoms with Crippen molar-refractivity contribution in [2.24, 2.45) is 0 Å². The lowest BCUT2D eigenvalue weighted by Gasteiger charge is -2.29. The summed E-state index contributed by atoms with van der Waals surface area (Å²) in [6, 6.07) is 2.01. The van der Waals surface area contributed by atoms with Gasteiger partial charge in [-0.25, -0.2) is 9.66 Å². The molecule has 0 aliphatic carbocycles. The summed E-state index contributed by atoms with van der Waals surface area (Å²) < 4.78 is 1.42. The summed E-state index contributed by atoms with van der Waals surface area (Å²) in [5.41, 5.74) is 2.07. The molecule has 16 heavy (non-hydrogen) atoms. The summed E-state index contributed by atoms with van der Waals surface area (Å²) >= 11 is 0. The van der Waals surface area contributed by atoms with Crippen LogP contribution in [0, 0.1) is 12.3 Å². The van der Waals surface area contributed by atoms with Gasteiger partial charge in [0.1, 0.15) is 0 Å². The van der Waals surface area contributed by atoms with Gasteiger partial charge in [0.25, 0.3) is 0 Å². The second-order valence-electron chi connectivity index (χ2n) is 4.59. The smallest absolute Gasteiger partial charge is 0.241 e. The Morgan fingerprint density at radius 1 is 1.44 bits per heavy atom. The highest BCUT2D eigenvalue weighted by atomic mass is 15.3. The summed E-state index contributed by atoms with van der Waals surface area (Å²) in [5, 5.41) is 7.68. The van der Waals surface area contributed by atoms with Crippen LogP contribution in [-0.4, -0.2) is 34.7 Å². The van der Waals surface area contributed by atoms with Crippen LogP contribution in [0.4, 0.5) is 0 Å². The third-order valence-electron chi connectivity index (χ3n) is 3.28. The molecule has 0 unspecified atom stereocenters. The summed E-state index contributed by atoms with van der Waals surface area (Å²) in [6.07, 6.45) is 2.22. The van der Waals surface area contributed by atoms with E-state index in [1.807, 2.05) is 13.0 Å². The Kier molecular flexibility index (Phi) is 2.96. The molecule has 1 aliphatic rings. The van der Waals surface area contributed by atoms with Crippen molar-refractivity contribution >= 4 is 0 Å². The topological polar surface area (TPSA) is 70.9 Å². The SMILES string of the molecule is Cc1cc(C2CCN(C)CC2)n(N)c(=N)n1. The van der Waals surface area contributed by atoms with Gasteiger partial charge >= 0.3 is 0 Å². The second-order valence-corrected chi connectivity index (χ2v) is 4.59. The molecular weight excluding hydrogens is 202 g/mol. The molecule has 0 atom stereocenters. The number of nitrogens with two attached hydrogens (primary N) is 1. The molecular formula is C11H19N5. The number of nitrogens with zero attached hydrogens (tertiary/aromatic N) is 3. The van der Waals surface area contributed by atoms with Crippen LogP contribution >= 0.6 is 0 Å². The Balaban J connectivity index is 2.30. The van der Waals surface area contributed by atoms with Gasteiger partial charge in [-0.1, -0.05) is 0 Å². The molecule has 1 fully saturated rings. The summed E-state index contributed by atoms with van der Waals surface area (Å²) in [7, 11) is 2.14. The van der Waals surface area contributed by atoms with Crippen molar-refractivity contribution in [3.05, 3.63) is 23.1 Å². The first-order valence-electron chi connectivity index (χ1n) is 5.66. The lowest BCUT2D eigenvalue weighted by molar-refractivity contribution is 0.251. The molecule has 1 aliphatic heterocycles. The number of aromatic nitrogens is 2. The van der Waals surface area contributed by atoms with E-state index in [9.17, 15) is 0 Å². The van der Waals surface area contributed by atoms with E-state index in [0.717, 1.165) is 37.3 Å². The molecule has 1 aromatic heterocycles. The van der Waals surface area contributed by atoms with Gasteiger partial charge in [0, 0.05) is 17.3 Å². The van der Waals surface area contributed by atoms with Crippen molar-refractivity contribution < 1.29 is 0 Å². The first-order valence-corrected chi connectivity index (χ1v) is 5.66. The first kappa shape index (κ1) is 11.1. The first-order chi connectivity index (χ1) is 7.58. The molecule has 0 radical (unpaired) electrons. The normalized spacial score (nSPS) is 18.9. The molecule has 0 saturated carbocycles. The van der Waals surface area contributed by atoms with Crippen molar-refractivity contribution in [2.45, 2.75) is 25.7 Å². The van der Waals surface area contributed by atoms with E-state index in [0.29, 0.717) is 5.92 Å². The fourth-order valence-corrected chi connectivity index (χ4v) is 2.28. The average Bonchev–Trinajstić information content (AvgIpc) is 2.25. The van der Waals surface area contributed by atoms with Gasteiger partial charge in [0.15, 0.2) is 0 Å². The number of aryl methyl sites for hydroxylation is 1. The predicted molar refractivity (Wildman–Crippen MR) is 62.4 cm³/mol. The summed E-state index contributed by atoms with van der Waals surface area (Å²) in [5.74, 6) is 6.33. The van der Waals surface area contributed by atoms with Crippen molar-refractivity contribution in [1.82, 2.24) is 14.6 Å². The molecule has 5 heteroatoms. The predicted octanol–water partition coefficient (Wildman–Crippen LogP) is 0.194. The molecule has 0 aromatic carbocycles. The van der Waals surface area contributed by atoms with Crippen molar-refractivity contribution in [1.29, 1.82) is 5.41 Å². The van der Waals surface area contributed by atoms with E-state index < -0.39 is 0 Å². The fraction of sp³-hybridized carbons (Fsp3) is 0.636. The van der Waals surface area contributed by atoms with E-state index in [4.69, 9.17) is 11.3 Å². The minimum absolute atomic E-state index is 0.147. The zero-order valence-electron chi connectivity index (χ0n) is 9.90. The van der Waals surface area contributed by atoms with Crippen LogP contribution in [-0.2, 0) is 0 Å². The third-order valence-corrected chi connectivity index (χ3v) is 3.28. The number of piperidine rings is 1. The highest BCUT2D eigenvalue weighted by Crippen LogP contribution is 2.25. The van der Waals surface area contributed by atoms with Gasteiger partial charge in [0.2, 0.25) is 5.62 Å². The van der Waals surface area contributed by atoms with E-state index in [1.165, 1.54) is 4.68 Å². The summed E-state index contributed by atoms with van der Waals surface area (Å²) in [4.78, 5) is 6.36. The standard InChI is InChI=1S/C11H19N5/c1-8-7-10(16(13)11(12)14-8)9-3-5-15(2)6-4-9/h7,9,12H,3-6,13H2,1-2H3. The Labute approximate surface area is 95.4 Å². The Bertz CT molecular complexity index is 428. The van der Waals surface area contributed by atoms with E-state index in [2.05, 4.69) is 16.9 Å². The van der Waals surface area contributed by atoms with E-state index >= 15 is 0 Å². The number of nitrogens with one attached hydrogen (secondary N) is 1. The Morgan fingerprint density at radius 2 is 2.06 bits per heavy atom. The summed E-state index contributed by atoms with van der Waals surface area (Å²) in [6.45, 7) is 4.11. The molecule has 5 nitrogen and oxygen atoms in total. The lowest BCUT2D eigenvalue weighted by atomic mass is 9.93. The average molecular weight is 221 g/mol. The minimum Gasteiger partial charge on any atom is -0.336 e. The zero-order valence-corrected chi connectivity index (χ0v) is 9.90. The van der Waals surface area contributed by atoms with Crippen LogP contribution in [0.2, 0.25) is 0 Å². The van der Waals surface area contributed by atoms with Gasteiger partial charge < -0.3 is 10.7 Å². The monoisotopic (exact) mass is 221 g/mol. The number of hydrogen-bond donors (Lipinski definition) is 2. The van der Waals surface area contributed by atoms with Gasteiger partial charge in [-0.05, 0) is 46.0 Å². The second kappa shape index (κ2) is 4.25. The highest BCUT2D eigenvalue weighted by Gasteiger charge is 2.21. The highest BCUT2D eigenvalue weighted by molar-refractivity contribution is 5.14. The lowest BCUT2D eigenvalue weighted by Crippen LogP contribution is -2.37. The molecule has 3 N–H and O–H groups in total. The Morgan fingerprint density at radius 3 is 2.69 bits per heavy atom. The third kappa shape index (κ3) is 2.09. The van der Waals surface area contributed by atoms with Crippen LogP contribution in [0.25, 0.3) is 0 Å². The van der Waals surface area contributed by atoms with Gasteiger partial charge in [-0.15, -0.1) is 0 Å². The van der Waals surface area contributed by atoms with Crippen LogP contribution in [0.5, 0.6) is 0 Å². The molecule has 2 heterocycles. The van der Waals surface area contributed by atoms with Gasteiger partial charge in [-0.3, -0.25) is 5.41 Å². The molecule has 0 spiro atoms. The molecule has 0 amide bonds. The number of nitrogen functional groups attached to an aromatic ring is 1. The fourth-order valence-electron chi connectivity index (χ4n) is 2.28. The molecule has 0 bridgehead atoms. The van der Waals surface area contributed by atoms with Gasteiger partial charge in [-0.2, -0.15) is 0 Å². The van der Waals surface area contributed by atoms with Crippen molar-refractivity contribution in [3.63, 3.8) is 0 Å². The maximum atomic E-state index is 7.68. The largest absolute Gasteiger partial charge is 0.336 e. The number of rotatable bonds is 1. The maximum Gasteiger partial charge on any atom is 0.241 e. The molecule has 1 saturated heterocycles. The van der Waals surface area contributed by atoms with Crippen LogP contribution < -0.4 is 11.5 Å². The number of hydrogen-bond acceptors (Lipinski definition) is 4. The van der Waals surface area contributed by atoms with Crippen LogP contribution in [0.15, 0.2) is 6.07 Å². The number of likely N-dealkylation sites (tertiary alicyclic amines) is 1. The van der Waals surface area contributed by atoms with Crippen molar-refractivity contribution in [3.8, 4) is 0 Å². The van der Waals surface area contributed by atoms with E-state index in [1.54, 1.807) is 0 Å². The quantitative estimate of drug-likeness (QED) is 0.665. The molecule has 88 valence electrons. The minimum atomic E-state index is 0.147.